The zero-order chi connectivity index (χ0) is 14.0. The monoisotopic (exact) mass is 279 g/mol. The molecular weight excluding hydrogens is 262 g/mol. The van der Waals surface area contributed by atoms with Crippen molar-refractivity contribution < 1.29 is 9.59 Å². The van der Waals surface area contributed by atoms with Gasteiger partial charge in [0.15, 0.2) is 0 Å². The standard InChI is InChI=1S/C15H18ClNO2/c1-10(5-7-16)6-8-17-13-4-3-11(2)9-12(13)14(18)15(17)19/h3-4,9-10H,5-8H2,1-2H3. The molecule has 0 radical (unpaired) electrons. The summed E-state index contributed by atoms with van der Waals surface area (Å²) in [7, 11) is 0. The predicted molar refractivity (Wildman–Crippen MR) is 77.0 cm³/mol. The van der Waals surface area contributed by atoms with Gasteiger partial charge in [-0.3, -0.25) is 9.59 Å². The highest BCUT2D eigenvalue weighted by Gasteiger charge is 2.35. The van der Waals surface area contributed by atoms with E-state index in [2.05, 4.69) is 6.92 Å². The van der Waals surface area contributed by atoms with Gasteiger partial charge in [0.2, 0.25) is 0 Å². The lowest BCUT2D eigenvalue weighted by Gasteiger charge is -2.19. The molecule has 1 unspecified atom stereocenters. The molecule has 0 aromatic heterocycles. The van der Waals surface area contributed by atoms with E-state index in [0.29, 0.717) is 23.9 Å². The van der Waals surface area contributed by atoms with Gasteiger partial charge in [0.1, 0.15) is 0 Å². The predicted octanol–water partition coefficient (Wildman–Crippen LogP) is 3.18. The number of fused-ring (bicyclic) bond motifs is 1. The first-order chi connectivity index (χ1) is 9.04. The number of Topliss-reactive ketones (excluding diaryl/α,β-unsaturated/α-hetero) is 1. The van der Waals surface area contributed by atoms with E-state index < -0.39 is 5.91 Å². The van der Waals surface area contributed by atoms with Crippen molar-refractivity contribution in [1.82, 2.24) is 0 Å². The minimum atomic E-state index is -0.404. The molecular formula is C15H18ClNO2. The van der Waals surface area contributed by atoms with Crippen LogP contribution in [0.2, 0.25) is 0 Å². The number of benzene rings is 1. The van der Waals surface area contributed by atoms with Gasteiger partial charge in [-0.1, -0.05) is 18.6 Å². The Morgan fingerprint density at radius 2 is 2.00 bits per heavy atom. The largest absolute Gasteiger partial charge is 0.305 e. The van der Waals surface area contributed by atoms with Gasteiger partial charge in [0.25, 0.3) is 11.7 Å². The Labute approximate surface area is 118 Å². The Morgan fingerprint density at radius 1 is 1.26 bits per heavy atom. The summed E-state index contributed by atoms with van der Waals surface area (Å²) in [6, 6.07) is 5.58. The maximum atomic E-state index is 12.0. The van der Waals surface area contributed by atoms with Crippen LogP contribution < -0.4 is 4.90 Å². The lowest BCUT2D eigenvalue weighted by Crippen LogP contribution is -2.31. The molecule has 1 aliphatic heterocycles. The van der Waals surface area contributed by atoms with Crippen LogP contribution in [0.5, 0.6) is 0 Å². The molecule has 2 rings (SSSR count). The van der Waals surface area contributed by atoms with Crippen LogP contribution in [-0.2, 0) is 4.79 Å². The molecule has 0 bridgehead atoms. The highest BCUT2D eigenvalue weighted by molar-refractivity contribution is 6.52. The number of halogens is 1. The third-order valence-corrected chi connectivity index (χ3v) is 3.79. The third kappa shape index (κ3) is 2.81. The van der Waals surface area contributed by atoms with E-state index in [9.17, 15) is 9.59 Å². The zero-order valence-corrected chi connectivity index (χ0v) is 12.0. The minimum absolute atomic E-state index is 0.385. The Hall–Kier alpha value is -1.35. The van der Waals surface area contributed by atoms with E-state index in [1.54, 1.807) is 11.0 Å². The maximum Gasteiger partial charge on any atom is 0.299 e. The van der Waals surface area contributed by atoms with E-state index in [1.807, 2.05) is 19.1 Å². The second-order valence-electron chi connectivity index (χ2n) is 5.18. The number of nitrogens with zero attached hydrogens (tertiary/aromatic N) is 1. The van der Waals surface area contributed by atoms with Crippen molar-refractivity contribution >= 4 is 29.0 Å². The number of ketones is 1. The molecule has 1 aromatic carbocycles. The number of rotatable bonds is 5. The van der Waals surface area contributed by atoms with Gasteiger partial charge in [0.05, 0.1) is 11.3 Å². The van der Waals surface area contributed by atoms with Gasteiger partial charge in [-0.25, -0.2) is 0 Å². The van der Waals surface area contributed by atoms with E-state index in [4.69, 9.17) is 11.6 Å². The first-order valence-electron chi connectivity index (χ1n) is 6.57. The number of hydrogen-bond donors (Lipinski definition) is 0. The molecule has 1 atom stereocenters. The highest BCUT2D eigenvalue weighted by atomic mass is 35.5. The van der Waals surface area contributed by atoms with Crippen LogP contribution in [0.3, 0.4) is 0 Å². The molecule has 19 heavy (non-hydrogen) atoms. The molecule has 1 heterocycles. The summed E-state index contributed by atoms with van der Waals surface area (Å²) in [4.78, 5) is 25.5. The van der Waals surface area contributed by atoms with Crippen molar-refractivity contribution in [2.45, 2.75) is 26.7 Å². The van der Waals surface area contributed by atoms with Crippen LogP contribution in [0.15, 0.2) is 18.2 Å². The maximum absolute atomic E-state index is 12.0. The minimum Gasteiger partial charge on any atom is -0.305 e. The van der Waals surface area contributed by atoms with Crippen molar-refractivity contribution in [2.75, 3.05) is 17.3 Å². The Morgan fingerprint density at radius 3 is 2.68 bits per heavy atom. The van der Waals surface area contributed by atoms with Gasteiger partial charge >= 0.3 is 0 Å². The summed E-state index contributed by atoms with van der Waals surface area (Å²) >= 11 is 5.71. The fraction of sp³-hybridized carbons (Fsp3) is 0.467. The molecule has 1 amide bonds. The lowest BCUT2D eigenvalue weighted by molar-refractivity contribution is -0.114. The van der Waals surface area contributed by atoms with Crippen LogP contribution in [0.1, 0.15) is 35.7 Å². The first-order valence-corrected chi connectivity index (χ1v) is 7.11. The number of hydrogen-bond acceptors (Lipinski definition) is 2. The zero-order valence-electron chi connectivity index (χ0n) is 11.3. The molecule has 1 aromatic rings. The SMILES string of the molecule is Cc1ccc2c(c1)C(=O)C(=O)N2CCC(C)CCCl. The van der Waals surface area contributed by atoms with Crippen molar-refractivity contribution in [3.8, 4) is 0 Å². The normalized spacial score (nSPS) is 15.8. The molecule has 4 heteroatoms. The summed E-state index contributed by atoms with van der Waals surface area (Å²) < 4.78 is 0. The molecule has 1 aliphatic rings. The second-order valence-corrected chi connectivity index (χ2v) is 5.56. The first kappa shape index (κ1) is 14.1. The molecule has 0 aliphatic carbocycles. The van der Waals surface area contributed by atoms with Gasteiger partial charge in [-0.05, 0) is 37.8 Å². The van der Waals surface area contributed by atoms with Crippen LogP contribution in [0, 0.1) is 12.8 Å². The smallest absolute Gasteiger partial charge is 0.299 e. The summed E-state index contributed by atoms with van der Waals surface area (Å²) in [5.41, 5.74) is 2.28. The Balaban J connectivity index is 2.15. The lowest BCUT2D eigenvalue weighted by atomic mass is 10.0. The summed E-state index contributed by atoms with van der Waals surface area (Å²) in [6.07, 6.45) is 1.79. The molecule has 0 saturated heterocycles. The third-order valence-electron chi connectivity index (χ3n) is 3.57. The van der Waals surface area contributed by atoms with Gasteiger partial charge in [-0.2, -0.15) is 0 Å². The van der Waals surface area contributed by atoms with Crippen molar-refractivity contribution in [2.24, 2.45) is 5.92 Å². The van der Waals surface area contributed by atoms with Crippen LogP contribution in [0.25, 0.3) is 0 Å². The fourth-order valence-electron chi connectivity index (χ4n) is 2.32. The van der Waals surface area contributed by atoms with E-state index in [0.717, 1.165) is 24.1 Å². The average molecular weight is 280 g/mol. The molecule has 102 valence electrons. The van der Waals surface area contributed by atoms with E-state index in [-0.39, 0.29) is 5.78 Å². The molecule has 0 saturated carbocycles. The fourth-order valence-corrected chi connectivity index (χ4v) is 2.69. The molecule has 0 N–H and O–H groups in total. The number of carbonyl (C=O) groups is 2. The van der Waals surface area contributed by atoms with E-state index >= 15 is 0 Å². The van der Waals surface area contributed by atoms with Crippen molar-refractivity contribution in [3.05, 3.63) is 29.3 Å². The highest BCUT2D eigenvalue weighted by Crippen LogP contribution is 2.30. The summed E-state index contributed by atoms with van der Waals surface area (Å²) in [5, 5.41) is 0. The second kappa shape index (κ2) is 5.74. The quantitative estimate of drug-likeness (QED) is 0.613. The molecule has 3 nitrogen and oxygen atoms in total. The topological polar surface area (TPSA) is 37.4 Å². The van der Waals surface area contributed by atoms with Gasteiger partial charge < -0.3 is 4.90 Å². The molecule has 0 spiro atoms. The number of anilines is 1. The number of carbonyl (C=O) groups excluding carboxylic acids is 2. The molecule has 0 fully saturated rings. The van der Waals surface area contributed by atoms with Crippen molar-refractivity contribution in [1.29, 1.82) is 0 Å². The number of aryl methyl sites for hydroxylation is 1. The van der Waals surface area contributed by atoms with Crippen molar-refractivity contribution in [3.63, 3.8) is 0 Å². The van der Waals surface area contributed by atoms with Crippen LogP contribution >= 0.6 is 11.6 Å². The number of amides is 1. The van der Waals surface area contributed by atoms with Crippen LogP contribution in [-0.4, -0.2) is 24.1 Å². The summed E-state index contributed by atoms with van der Waals surface area (Å²) in [5.74, 6) is 0.293. The van der Waals surface area contributed by atoms with Crippen LogP contribution in [0.4, 0.5) is 5.69 Å². The van der Waals surface area contributed by atoms with Gasteiger partial charge in [0, 0.05) is 12.4 Å². The van der Waals surface area contributed by atoms with Gasteiger partial charge in [-0.15, -0.1) is 11.6 Å². The number of alkyl halides is 1. The average Bonchev–Trinajstić information content (AvgIpc) is 2.61. The Bertz CT molecular complexity index is 513. The summed E-state index contributed by atoms with van der Waals surface area (Å²) in [6.45, 7) is 4.61. The van der Waals surface area contributed by atoms with E-state index in [1.165, 1.54) is 0 Å². The Kier molecular flexibility index (Phi) is 4.25.